The Hall–Kier alpha value is -2.04. The van der Waals surface area contributed by atoms with Gasteiger partial charge in [-0.15, -0.1) is 0 Å². The molecule has 1 aromatic rings. The third-order valence-corrected chi connectivity index (χ3v) is 6.39. The highest BCUT2D eigenvalue weighted by Crippen LogP contribution is 2.25. The number of carbonyl (C=O) groups excluding carboxylic acids is 2. The largest absolute Gasteiger partial charge is 0.494 e. The fourth-order valence-electron chi connectivity index (χ4n) is 4.37. The van der Waals surface area contributed by atoms with Crippen molar-refractivity contribution in [2.75, 3.05) is 32.8 Å². The predicted molar refractivity (Wildman–Crippen MR) is 120 cm³/mol. The summed E-state index contributed by atoms with van der Waals surface area (Å²) in [5, 5.41) is 0. The molecule has 0 spiro atoms. The van der Waals surface area contributed by atoms with Gasteiger partial charge in [0, 0.05) is 38.5 Å². The number of amides is 2. The van der Waals surface area contributed by atoms with Crippen LogP contribution in [0.25, 0.3) is 0 Å². The first kappa shape index (κ1) is 22.6. The van der Waals surface area contributed by atoms with E-state index in [1.807, 2.05) is 21.9 Å². The summed E-state index contributed by atoms with van der Waals surface area (Å²) in [4.78, 5) is 29.1. The van der Waals surface area contributed by atoms with Crippen molar-refractivity contribution in [2.24, 2.45) is 5.92 Å². The molecule has 30 heavy (non-hydrogen) atoms. The summed E-state index contributed by atoms with van der Waals surface area (Å²) < 4.78 is 5.81. The molecule has 2 heterocycles. The second-order valence-electron chi connectivity index (χ2n) is 9.77. The first-order valence-corrected chi connectivity index (χ1v) is 11.6. The Bertz CT molecular complexity index is 694. The number of hydrogen-bond acceptors (Lipinski definition) is 3. The summed E-state index contributed by atoms with van der Waals surface area (Å²) in [7, 11) is 0. The third kappa shape index (κ3) is 6.23. The van der Waals surface area contributed by atoms with Crippen LogP contribution in [-0.2, 0) is 15.0 Å². The lowest BCUT2D eigenvalue weighted by atomic mass is 9.87. The van der Waals surface area contributed by atoms with E-state index in [1.165, 1.54) is 12.0 Å². The second-order valence-corrected chi connectivity index (χ2v) is 9.77. The lowest BCUT2D eigenvalue weighted by Crippen LogP contribution is -2.45. The molecule has 0 bridgehead atoms. The smallest absolute Gasteiger partial charge is 0.225 e. The molecule has 166 valence electrons. The van der Waals surface area contributed by atoms with Gasteiger partial charge in [0.2, 0.25) is 11.8 Å². The van der Waals surface area contributed by atoms with Crippen LogP contribution in [0.2, 0.25) is 0 Å². The van der Waals surface area contributed by atoms with E-state index in [0.29, 0.717) is 38.4 Å². The Balaban J connectivity index is 1.33. The first-order valence-electron chi connectivity index (χ1n) is 11.6. The quantitative estimate of drug-likeness (QED) is 0.649. The summed E-state index contributed by atoms with van der Waals surface area (Å²) in [6.45, 7) is 10.4. The van der Waals surface area contributed by atoms with Gasteiger partial charge in [-0.3, -0.25) is 9.59 Å². The van der Waals surface area contributed by atoms with Crippen LogP contribution in [0.5, 0.6) is 5.75 Å². The molecule has 2 aliphatic rings. The number of benzene rings is 1. The minimum absolute atomic E-state index is 0.103. The summed E-state index contributed by atoms with van der Waals surface area (Å²) in [6.07, 6.45) is 6.33. The van der Waals surface area contributed by atoms with Gasteiger partial charge >= 0.3 is 0 Å². The predicted octanol–water partition coefficient (Wildman–Crippen LogP) is 4.39. The monoisotopic (exact) mass is 414 g/mol. The zero-order valence-electron chi connectivity index (χ0n) is 19.0. The third-order valence-electron chi connectivity index (χ3n) is 6.39. The molecule has 2 saturated heterocycles. The number of nitrogens with zero attached hydrogens (tertiary/aromatic N) is 2. The fourth-order valence-corrected chi connectivity index (χ4v) is 4.37. The highest BCUT2D eigenvalue weighted by Gasteiger charge is 2.30. The molecule has 0 saturated carbocycles. The van der Waals surface area contributed by atoms with Crippen LogP contribution in [0.15, 0.2) is 24.3 Å². The van der Waals surface area contributed by atoms with Crippen LogP contribution in [0, 0.1) is 5.92 Å². The number of ether oxygens (including phenoxy) is 1. The molecule has 5 heteroatoms. The minimum Gasteiger partial charge on any atom is -0.494 e. The van der Waals surface area contributed by atoms with Crippen molar-refractivity contribution in [1.82, 2.24) is 9.80 Å². The van der Waals surface area contributed by atoms with E-state index < -0.39 is 0 Å². The Kier molecular flexibility index (Phi) is 7.79. The standard InChI is InChI=1S/C25H38N2O3/c1-25(2,3)21-9-11-22(12-10-21)30-19-7-8-23(28)26-17-13-20(14-18-26)24(29)27-15-5-4-6-16-27/h9-12,20H,4-8,13-19H2,1-3H3. The maximum absolute atomic E-state index is 12.7. The molecule has 3 rings (SSSR count). The lowest BCUT2D eigenvalue weighted by Gasteiger charge is -2.35. The average molecular weight is 415 g/mol. The van der Waals surface area contributed by atoms with Crippen molar-refractivity contribution in [1.29, 1.82) is 0 Å². The van der Waals surface area contributed by atoms with Gasteiger partial charge in [0.05, 0.1) is 6.61 Å². The number of carbonyl (C=O) groups is 2. The Morgan fingerprint density at radius 2 is 1.57 bits per heavy atom. The van der Waals surface area contributed by atoms with E-state index in [9.17, 15) is 9.59 Å². The molecule has 0 radical (unpaired) electrons. The number of piperidine rings is 2. The number of rotatable bonds is 6. The first-order chi connectivity index (χ1) is 14.3. The van der Waals surface area contributed by atoms with Gasteiger partial charge < -0.3 is 14.5 Å². The molecule has 0 N–H and O–H groups in total. The number of hydrogen-bond donors (Lipinski definition) is 0. The molecule has 5 nitrogen and oxygen atoms in total. The van der Waals surface area contributed by atoms with E-state index in [-0.39, 0.29) is 17.2 Å². The highest BCUT2D eigenvalue weighted by atomic mass is 16.5. The van der Waals surface area contributed by atoms with Crippen LogP contribution >= 0.6 is 0 Å². The highest BCUT2D eigenvalue weighted by molar-refractivity contribution is 5.80. The Labute approximate surface area is 181 Å². The Morgan fingerprint density at radius 1 is 0.933 bits per heavy atom. The molecule has 2 aliphatic heterocycles. The topological polar surface area (TPSA) is 49.9 Å². The van der Waals surface area contributed by atoms with Gasteiger partial charge in [0.25, 0.3) is 0 Å². The van der Waals surface area contributed by atoms with Crippen LogP contribution in [-0.4, -0.2) is 54.4 Å². The molecular formula is C25H38N2O3. The van der Waals surface area contributed by atoms with Crippen LogP contribution < -0.4 is 4.74 Å². The van der Waals surface area contributed by atoms with Crippen molar-refractivity contribution in [2.45, 2.75) is 71.1 Å². The van der Waals surface area contributed by atoms with Crippen molar-refractivity contribution in [3.63, 3.8) is 0 Å². The van der Waals surface area contributed by atoms with Gasteiger partial charge in [-0.05, 0) is 61.6 Å². The average Bonchev–Trinajstić information content (AvgIpc) is 2.76. The molecule has 0 aliphatic carbocycles. The van der Waals surface area contributed by atoms with Gasteiger partial charge in [-0.1, -0.05) is 32.9 Å². The van der Waals surface area contributed by atoms with Crippen LogP contribution in [0.3, 0.4) is 0 Å². The minimum atomic E-state index is 0.103. The molecular weight excluding hydrogens is 376 g/mol. The lowest BCUT2D eigenvalue weighted by molar-refractivity contribution is -0.141. The molecule has 0 aromatic heterocycles. The summed E-state index contributed by atoms with van der Waals surface area (Å²) in [6, 6.07) is 8.23. The van der Waals surface area contributed by atoms with E-state index >= 15 is 0 Å². The van der Waals surface area contributed by atoms with E-state index in [4.69, 9.17) is 4.74 Å². The molecule has 2 amide bonds. The van der Waals surface area contributed by atoms with E-state index in [0.717, 1.165) is 44.5 Å². The van der Waals surface area contributed by atoms with Crippen LogP contribution in [0.1, 0.15) is 71.3 Å². The zero-order chi connectivity index (χ0) is 21.6. The molecule has 0 atom stereocenters. The normalized spacial score (nSPS) is 18.4. The Morgan fingerprint density at radius 3 is 2.17 bits per heavy atom. The SMILES string of the molecule is CC(C)(C)c1ccc(OCCCC(=O)N2CCC(C(=O)N3CCCCC3)CC2)cc1. The van der Waals surface area contributed by atoms with Gasteiger partial charge in [0.15, 0.2) is 0 Å². The summed E-state index contributed by atoms with van der Waals surface area (Å²) in [5.74, 6) is 1.46. The van der Waals surface area contributed by atoms with Gasteiger partial charge in [-0.25, -0.2) is 0 Å². The fraction of sp³-hybridized carbons (Fsp3) is 0.680. The van der Waals surface area contributed by atoms with Gasteiger partial charge in [0.1, 0.15) is 5.75 Å². The number of likely N-dealkylation sites (tertiary alicyclic amines) is 2. The molecule has 1 aromatic carbocycles. The summed E-state index contributed by atoms with van der Waals surface area (Å²) in [5.41, 5.74) is 1.42. The van der Waals surface area contributed by atoms with Crippen molar-refractivity contribution in [3.8, 4) is 5.75 Å². The van der Waals surface area contributed by atoms with E-state index in [2.05, 4.69) is 32.9 Å². The van der Waals surface area contributed by atoms with Crippen molar-refractivity contribution in [3.05, 3.63) is 29.8 Å². The molecule has 2 fully saturated rings. The van der Waals surface area contributed by atoms with Gasteiger partial charge in [-0.2, -0.15) is 0 Å². The van der Waals surface area contributed by atoms with Crippen molar-refractivity contribution >= 4 is 11.8 Å². The van der Waals surface area contributed by atoms with E-state index in [1.54, 1.807) is 0 Å². The summed E-state index contributed by atoms with van der Waals surface area (Å²) >= 11 is 0. The maximum Gasteiger partial charge on any atom is 0.225 e. The second kappa shape index (κ2) is 10.3. The molecule has 0 unspecified atom stereocenters. The maximum atomic E-state index is 12.7. The zero-order valence-corrected chi connectivity index (χ0v) is 19.0. The van der Waals surface area contributed by atoms with Crippen LogP contribution in [0.4, 0.5) is 0 Å². The van der Waals surface area contributed by atoms with Crippen molar-refractivity contribution < 1.29 is 14.3 Å².